The molecular weight excluding hydrogens is 275 g/mol. The van der Waals surface area contributed by atoms with Crippen LogP contribution < -0.4 is 10.2 Å². The number of anilines is 1. The standard InChI is InChI=1S/C12H8Cl2N2O2/c13-6-1-7(14)3-8(2-6)16-11(17)9-4-15-5-10(9)12(16)18/h1-4,10,15H,5H2. The number of hydrogen-bond donors (Lipinski definition) is 1. The van der Waals surface area contributed by atoms with Gasteiger partial charge in [-0.15, -0.1) is 0 Å². The van der Waals surface area contributed by atoms with Gasteiger partial charge in [0.15, 0.2) is 0 Å². The van der Waals surface area contributed by atoms with Gasteiger partial charge in [-0.05, 0) is 18.2 Å². The van der Waals surface area contributed by atoms with Crippen molar-refractivity contribution < 1.29 is 9.59 Å². The molecule has 0 spiro atoms. The minimum atomic E-state index is -0.393. The first-order chi connectivity index (χ1) is 8.58. The summed E-state index contributed by atoms with van der Waals surface area (Å²) in [6.07, 6.45) is 1.59. The van der Waals surface area contributed by atoms with Crippen LogP contribution in [0.5, 0.6) is 0 Å². The number of nitrogens with zero attached hydrogens (tertiary/aromatic N) is 1. The van der Waals surface area contributed by atoms with Crippen LogP contribution in [0.25, 0.3) is 0 Å². The van der Waals surface area contributed by atoms with Crippen LogP contribution in [0, 0.1) is 5.92 Å². The van der Waals surface area contributed by atoms with Gasteiger partial charge in [0.25, 0.3) is 5.91 Å². The molecule has 1 N–H and O–H groups in total. The summed E-state index contributed by atoms with van der Waals surface area (Å²) in [6.45, 7) is 0.463. The summed E-state index contributed by atoms with van der Waals surface area (Å²) < 4.78 is 0. The molecule has 4 nitrogen and oxygen atoms in total. The largest absolute Gasteiger partial charge is 0.389 e. The maximum atomic E-state index is 12.2. The topological polar surface area (TPSA) is 49.4 Å². The van der Waals surface area contributed by atoms with Gasteiger partial charge in [-0.1, -0.05) is 23.2 Å². The van der Waals surface area contributed by atoms with Gasteiger partial charge in [0.05, 0.1) is 11.6 Å². The number of imide groups is 1. The highest BCUT2D eigenvalue weighted by Gasteiger charge is 2.45. The van der Waals surface area contributed by atoms with E-state index in [1.807, 2.05) is 0 Å². The van der Waals surface area contributed by atoms with Crippen LogP contribution in [-0.4, -0.2) is 18.4 Å². The smallest absolute Gasteiger partial charge is 0.263 e. The van der Waals surface area contributed by atoms with E-state index < -0.39 is 5.92 Å². The maximum absolute atomic E-state index is 12.2. The van der Waals surface area contributed by atoms with Gasteiger partial charge >= 0.3 is 0 Å². The first-order valence-corrected chi connectivity index (χ1v) is 6.11. The van der Waals surface area contributed by atoms with Crippen LogP contribution in [0.4, 0.5) is 5.69 Å². The van der Waals surface area contributed by atoms with Gasteiger partial charge in [-0.2, -0.15) is 0 Å². The highest BCUT2D eigenvalue weighted by molar-refractivity contribution is 6.36. The summed E-state index contributed by atoms with van der Waals surface area (Å²) in [4.78, 5) is 25.4. The third-order valence-electron chi connectivity index (χ3n) is 3.03. The van der Waals surface area contributed by atoms with Gasteiger partial charge in [-0.3, -0.25) is 9.59 Å². The highest BCUT2D eigenvalue weighted by atomic mass is 35.5. The predicted octanol–water partition coefficient (Wildman–Crippen LogP) is 1.97. The summed E-state index contributed by atoms with van der Waals surface area (Å²) in [6, 6.07) is 4.66. The average Bonchev–Trinajstić information content (AvgIpc) is 2.83. The van der Waals surface area contributed by atoms with Crippen LogP contribution in [-0.2, 0) is 9.59 Å². The van der Waals surface area contributed by atoms with Gasteiger partial charge in [0, 0.05) is 28.4 Å². The number of fused-ring (bicyclic) bond motifs is 1. The Bertz CT molecular complexity index is 577. The van der Waals surface area contributed by atoms with Crippen molar-refractivity contribution >= 4 is 40.7 Å². The van der Waals surface area contributed by atoms with Crippen molar-refractivity contribution in [2.24, 2.45) is 5.92 Å². The molecule has 2 heterocycles. The zero-order chi connectivity index (χ0) is 12.9. The Morgan fingerprint density at radius 3 is 2.44 bits per heavy atom. The molecule has 1 unspecified atom stereocenters. The van der Waals surface area contributed by atoms with Crippen molar-refractivity contribution in [2.75, 3.05) is 11.4 Å². The molecule has 92 valence electrons. The molecule has 1 atom stereocenters. The lowest BCUT2D eigenvalue weighted by Gasteiger charge is -2.15. The molecule has 2 amide bonds. The minimum absolute atomic E-state index is 0.241. The molecule has 1 saturated heterocycles. The number of benzene rings is 1. The Kier molecular flexibility index (Phi) is 2.57. The number of hydrogen-bond acceptors (Lipinski definition) is 3. The van der Waals surface area contributed by atoms with Gasteiger partial charge in [-0.25, -0.2) is 4.90 Å². The van der Waals surface area contributed by atoms with Gasteiger partial charge in [0.2, 0.25) is 5.91 Å². The predicted molar refractivity (Wildman–Crippen MR) is 68.5 cm³/mol. The Labute approximate surface area is 113 Å². The summed E-state index contributed by atoms with van der Waals surface area (Å²) in [7, 11) is 0. The van der Waals surface area contributed by atoms with E-state index >= 15 is 0 Å². The molecule has 0 aliphatic carbocycles. The normalized spacial score (nSPS) is 22.0. The lowest BCUT2D eigenvalue weighted by molar-refractivity contribution is -0.122. The SMILES string of the molecule is O=C1C2=CNCC2C(=O)N1c1cc(Cl)cc(Cl)c1. The van der Waals surface area contributed by atoms with Crippen LogP contribution in [0.3, 0.4) is 0 Å². The quantitative estimate of drug-likeness (QED) is 0.802. The number of halogens is 2. The number of nitrogens with one attached hydrogen (secondary N) is 1. The van der Waals surface area contributed by atoms with Crippen molar-refractivity contribution in [1.82, 2.24) is 5.32 Å². The second-order valence-electron chi connectivity index (χ2n) is 4.17. The van der Waals surface area contributed by atoms with Crippen molar-refractivity contribution in [3.05, 3.63) is 40.0 Å². The number of rotatable bonds is 1. The third-order valence-corrected chi connectivity index (χ3v) is 3.47. The van der Waals surface area contributed by atoms with Crippen molar-refractivity contribution in [3.63, 3.8) is 0 Å². The first kappa shape index (κ1) is 11.6. The minimum Gasteiger partial charge on any atom is -0.389 e. The Balaban J connectivity index is 2.07. The van der Waals surface area contributed by atoms with E-state index in [4.69, 9.17) is 23.2 Å². The summed E-state index contributed by atoms with van der Waals surface area (Å²) in [5, 5.41) is 3.68. The lowest BCUT2D eigenvalue weighted by Crippen LogP contribution is -2.32. The van der Waals surface area contributed by atoms with Crippen molar-refractivity contribution in [2.45, 2.75) is 0 Å². The second kappa shape index (κ2) is 4.00. The number of carbonyl (C=O) groups excluding carboxylic acids is 2. The zero-order valence-corrected chi connectivity index (χ0v) is 10.6. The molecule has 3 rings (SSSR count). The van der Waals surface area contributed by atoms with E-state index in [1.54, 1.807) is 24.4 Å². The molecule has 0 aromatic heterocycles. The summed E-state index contributed by atoms with van der Waals surface area (Å²) >= 11 is 11.8. The highest BCUT2D eigenvalue weighted by Crippen LogP contribution is 2.34. The average molecular weight is 283 g/mol. The molecule has 2 aliphatic rings. The van der Waals surface area contributed by atoms with Crippen molar-refractivity contribution in [3.8, 4) is 0 Å². The fraction of sp³-hybridized carbons (Fsp3) is 0.167. The number of amides is 2. The molecule has 18 heavy (non-hydrogen) atoms. The summed E-state index contributed by atoms with van der Waals surface area (Å²) in [5.74, 6) is -0.946. The summed E-state index contributed by atoms with van der Waals surface area (Å²) in [5.41, 5.74) is 0.911. The number of carbonyl (C=O) groups is 2. The first-order valence-electron chi connectivity index (χ1n) is 5.36. The zero-order valence-electron chi connectivity index (χ0n) is 9.11. The van der Waals surface area contributed by atoms with Crippen LogP contribution in [0.15, 0.2) is 30.0 Å². The maximum Gasteiger partial charge on any atom is 0.263 e. The Morgan fingerprint density at radius 2 is 1.83 bits per heavy atom. The van der Waals surface area contributed by atoms with Gasteiger partial charge in [0.1, 0.15) is 0 Å². The van der Waals surface area contributed by atoms with E-state index in [0.717, 1.165) is 4.90 Å². The Hall–Kier alpha value is -1.52. The molecular formula is C12H8Cl2N2O2. The molecule has 1 aromatic rings. The fourth-order valence-electron chi connectivity index (χ4n) is 2.23. The van der Waals surface area contributed by atoms with Crippen molar-refractivity contribution in [1.29, 1.82) is 0 Å². The van der Waals surface area contributed by atoms with E-state index in [1.165, 1.54) is 0 Å². The van der Waals surface area contributed by atoms with Crippen LogP contribution in [0.2, 0.25) is 10.0 Å². The van der Waals surface area contributed by atoms with Crippen LogP contribution >= 0.6 is 23.2 Å². The van der Waals surface area contributed by atoms with E-state index in [2.05, 4.69) is 5.32 Å². The molecule has 0 saturated carbocycles. The van der Waals surface area contributed by atoms with E-state index in [-0.39, 0.29) is 11.8 Å². The second-order valence-corrected chi connectivity index (χ2v) is 5.04. The van der Waals surface area contributed by atoms with Crippen LogP contribution in [0.1, 0.15) is 0 Å². The lowest BCUT2D eigenvalue weighted by atomic mass is 10.1. The molecule has 0 radical (unpaired) electrons. The third kappa shape index (κ3) is 1.61. The Morgan fingerprint density at radius 1 is 1.17 bits per heavy atom. The monoisotopic (exact) mass is 282 g/mol. The molecule has 1 fully saturated rings. The molecule has 1 aromatic carbocycles. The molecule has 2 aliphatic heterocycles. The fourth-order valence-corrected chi connectivity index (χ4v) is 2.74. The van der Waals surface area contributed by atoms with E-state index in [0.29, 0.717) is 27.9 Å². The molecule has 0 bridgehead atoms. The van der Waals surface area contributed by atoms with Gasteiger partial charge < -0.3 is 5.32 Å². The van der Waals surface area contributed by atoms with E-state index in [9.17, 15) is 9.59 Å². The molecule has 6 heteroatoms.